The molecule has 0 spiro atoms. The molecule has 1 aromatic rings. The van der Waals surface area contributed by atoms with Crippen LogP contribution in [0.2, 0.25) is 0 Å². The van der Waals surface area contributed by atoms with Crippen molar-refractivity contribution in [3.8, 4) is 0 Å². The van der Waals surface area contributed by atoms with Gasteiger partial charge in [0.1, 0.15) is 5.82 Å². The molecular weight excluding hydrogens is 335 g/mol. The first kappa shape index (κ1) is 16.0. The third-order valence-corrected chi connectivity index (χ3v) is 6.79. The minimum Gasteiger partial charge on any atom is -0.263 e. The molecule has 6 heteroatoms. The summed E-state index contributed by atoms with van der Waals surface area (Å²) in [7, 11) is 0. The third kappa shape index (κ3) is 2.24. The molecular formula is C20H21FN2O3. The number of nitrogens with zero attached hydrogens (tertiary/aromatic N) is 2. The van der Waals surface area contributed by atoms with Gasteiger partial charge in [0, 0.05) is 0 Å². The van der Waals surface area contributed by atoms with Crippen LogP contribution in [0.1, 0.15) is 44.1 Å². The smallest absolute Gasteiger partial charge is 0.263 e. The van der Waals surface area contributed by atoms with Crippen LogP contribution < -0.4 is 0 Å². The number of amides is 4. The van der Waals surface area contributed by atoms with Crippen molar-refractivity contribution in [2.75, 3.05) is 0 Å². The van der Waals surface area contributed by atoms with Crippen LogP contribution in [0.5, 0.6) is 0 Å². The zero-order valence-electron chi connectivity index (χ0n) is 14.5. The second kappa shape index (κ2) is 5.38. The molecule has 0 N–H and O–H groups in total. The first-order valence-electron chi connectivity index (χ1n) is 9.40. The molecule has 1 heterocycles. The molecule has 4 aliphatic carbocycles. The second-order valence-corrected chi connectivity index (χ2v) is 8.58. The fourth-order valence-electron chi connectivity index (χ4n) is 6.17. The lowest BCUT2D eigenvalue weighted by atomic mass is 9.52. The Kier molecular flexibility index (Phi) is 3.30. The summed E-state index contributed by atoms with van der Waals surface area (Å²) < 4.78 is 13.1. The van der Waals surface area contributed by atoms with Crippen LogP contribution >= 0.6 is 0 Å². The Morgan fingerprint density at radius 2 is 1.42 bits per heavy atom. The van der Waals surface area contributed by atoms with Crippen molar-refractivity contribution < 1.29 is 18.8 Å². The average Bonchev–Trinajstić information content (AvgIpc) is 2.79. The molecule has 1 aliphatic heterocycles. The van der Waals surface area contributed by atoms with Gasteiger partial charge >= 0.3 is 17.8 Å². The van der Waals surface area contributed by atoms with Gasteiger partial charge in [0.2, 0.25) is 0 Å². The van der Waals surface area contributed by atoms with Gasteiger partial charge in [-0.05, 0) is 74.0 Å². The van der Waals surface area contributed by atoms with E-state index in [-0.39, 0.29) is 12.4 Å². The van der Waals surface area contributed by atoms with E-state index in [2.05, 4.69) is 0 Å². The summed E-state index contributed by atoms with van der Waals surface area (Å²) in [5.41, 5.74) is 0.170. The van der Waals surface area contributed by atoms with Crippen LogP contribution in [0.3, 0.4) is 0 Å². The lowest BCUT2D eigenvalue weighted by molar-refractivity contribution is -0.150. The van der Waals surface area contributed by atoms with E-state index in [1.54, 1.807) is 0 Å². The summed E-state index contributed by atoms with van der Waals surface area (Å²) >= 11 is 0. The lowest BCUT2D eigenvalue weighted by Crippen LogP contribution is -2.61. The maximum absolute atomic E-state index is 13.1. The number of hydrogen-bond acceptors (Lipinski definition) is 3. The molecule has 5 fully saturated rings. The average molecular weight is 356 g/mol. The summed E-state index contributed by atoms with van der Waals surface area (Å²) in [6.45, 7) is 0.00650. The Labute approximate surface area is 151 Å². The lowest BCUT2D eigenvalue weighted by Gasteiger charge is -2.58. The van der Waals surface area contributed by atoms with Crippen LogP contribution in [0.15, 0.2) is 24.3 Å². The SMILES string of the molecule is O=C1C(=O)N(C23CC4CC(CC(C4)C2)C3)C(=O)N1Cc1ccc(F)cc1. The molecule has 5 nitrogen and oxygen atoms in total. The Bertz CT molecular complexity index is 768. The zero-order chi connectivity index (χ0) is 18.1. The number of hydrogen-bond donors (Lipinski definition) is 0. The van der Waals surface area contributed by atoms with Crippen molar-refractivity contribution in [2.45, 2.75) is 50.6 Å². The van der Waals surface area contributed by atoms with Gasteiger partial charge in [0.25, 0.3) is 0 Å². The Morgan fingerprint density at radius 1 is 0.885 bits per heavy atom. The van der Waals surface area contributed by atoms with Crippen molar-refractivity contribution >= 4 is 17.8 Å². The molecule has 0 aromatic heterocycles. The fraction of sp³-hybridized carbons (Fsp3) is 0.550. The number of carbonyl (C=O) groups excluding carboxylic acids is 3. The summed E-state index contributed by atoms with van der Waals surface area (Å²) in [5.74, 6) is -0.0949. The highest BCUT2D eigenvalue weighted by atomic mass is 19.1. The maximum Gasteiger partial charge on any atom is 0.335 e. The van der Waals surface area contributed by atoms with E-state index in [4.69, 9.17) is 0 Å². The molecule has 1 saturated heterocycles. The number of halogens is 1. The number of carbonyl (C=O) groups is 3. The van der Waals surface area contributed by atoms with Crippen molar-refractivity contribution in [2.24, 2.45) is 17.8 Å². The van der Waals surface area contributed by atoms with E-state index in [0.717, 1.165) is 24.2 Å². The van der Waals surface area contributed by atoms with Crippen molar-refractivity contribution in [3.63, 3.8) is 0 Å². The van der Waals surface area contributed by atoms with Gasteiger partial charge in [-0.1, -0.05) is 12.1 Å². The number of imide groups is 2. The van der Waals surface area contributed by atoms with Gasteiger partial charge < -0.3 is 0 Å². The summed E-state index contributed by atoms with van der Waals surface area (Å²) in [5, 5.41) is 0. The van der Waals surface area contributed by atoms with E-state index in [1.807, 2.05) is 0 Å². The first-order chi connectivity index (χ1) is 12.4. The second-order valence-electron chi connectivity index (χ2n) is 8.58. The molecule has 136 valence electrons. The standard InChI is InChI=1S/C20H21FN2O3/c21-16-3-1-12(2-4-16)11-22-17(24)18(25)23(19(22)26)20-8-13-5-14(9-20)7-15(6-13)10-20/h1-4,13-15H,5-11H2. The highest BCUT2D eigenvalue weighted by molar-refractivity contribution is 6.44. The van der Waals surface area contributed by atoms with Gasteiger partial charge in [0.15, 0.2) is 0 Å². The minimum absolute atomic E-state index is 0.00650. The Balaban J connectivity index is 1.44. The molecule has 5 aliphatic rings. The molecule has 6 rings (SSSR count). The largest absolute Gasteiger partial charge is 0.335 e. The van der Waals surface area contributed by atoms with Gasteiger partial charge in [-0.3, -0.25) is 14.5 Å². The molecule has 0 unspecified atom stereocenters. The molecule has 1 aromatic carbocycles. The minimum atomic E-state index is -0.755. The van der Waals surface area contributed by atoms with E-state index >= 15 is 0 Å². The summed E-state index contributed by atoms with van der Waals surface area (Å²) in [6, 6.07) is 5.16. The Morgan fingerprint density at radius 3 is 1.96 bits per heavy atom. The summed E-state index contributed by atoms with van der Waals surface area (Å²) in [6.07, 6.45) is 6.12. The zero-order valence-corrected chi connectivity index (χ0v) is 14.5. The molecule has 4 bridgehead atoms. The van der Waals surface area contributed by atoms with Gasteiger partial charge in [0.05, 0.1) is 12.1 Å². The summed E-state index contributed by atoms with van der Waals surface area (Å²) in [4.78, 5) is 40.6. The van der Waals surface area contributed by atoms with Gasteiger partial charge in [-0.25, -0.2) is 14.1 Å². The van der Waals surface area contributed by atoms with E-state index in [0.29, 0.717) is 23.3 Å². The third-order valence-electron chi connectivity index (χ3n) is 6.79. The van der Waals surface area contributed by atoms with Crippen molar-refractivity contribution in [1.82, 2.24) is 9.80 Å². The van der Waals surface area contributed by atoms with Crippen LogP contribution in [-0.2, 0) is 16.1 Å². The normalized spacial score (nSPS) is 35.7. The first-order valence-corrected chi connectivity index (χ1v) is 9.40. The fourth-order valence-corrected chi connectivity index (χ4v) is 6.17. The van der Waals surface area contributed by atoms with Crippen LogP contribution in [0, 0.1) is 23.6 Å². The van der Waals surface area contributed by atoms with Gasteiger partial charge in [-0.2, -0.15) is 0 Å². The van der Waals surface area contributed by atoms with Crippen LogP contribution in [0.25, 0.3) is 0 Å². The van der Waals surface area contributed by atoms with E-state index < -0.39 is 23.4 Å². The maximum atomic E-state index is 13.1. The van der Waals surface area contributed by atoms with Crippen molar-refractivity contribution in [1.29, 1.82) is 0 Å². The topological polar surface area (TPSA) is 57.7 Å². The molecule has 0 atom stereocenters. The number of rotatable bonds is 3. The molecule has 4 saturated carbocycles. The Hall–Kier alpha value is -2.24. The number of urea groups is 1. The number of benzene rings is 1. The monoisotopic (exact) mass is 356 g/mol. The highest BCUT2D eigenvalue weighted by Gasteiger charge is 2.60. The molecule has 26 heavy (non-hydrogen) atoms. The van der Waals surface area contributed by atoms with E-state index in [9.17, 15) is 18.8 Å². The van der Waals surface area contributed by atoms with E-state index in [1.165, 1.54) is 48.4 Å². The van der Waals surface area contributed by atoms with Crippen LogP contribution in [-0.4, -0.2) is 33.2 Å². The molecule has 0 radical (unpaired) electrons. The predicted molar refractivity (Wildman–Crippen MR) is 90.1 cm³/mol. The molecule has 4 amide bonds. The van der Waals surface area contributed by atoms with Gasteiger partial charge in [-0.15, -0.1) is 0 Å². The quantitative estimate of drug-likeness (QED) is 0.618. The predicted octanol–water partition coefficient (Wildman–Crippen LogP) is 3.09. The van der Waals surface area contributed by atoms with Crippen molar-refractivity contribution in [3.05, 3.63) is 35.6 Å². The van der Waals surface area contributed by atoms with Crippen LogP contribution in [0.4, 0.5) is 9.18 Å². The highest BCUT2D eigenvalue weighted by Crippen LogP contribution is 2.58.